The normalized spacial score (nSPS) is 21.1. The minimum atomic E-state index is -1.41. The number of aliphatic carboxylic acids is 1. The maximum Gasteiger partial charge on any atom is 0.326 e. The molecular formula is C22H32O3. The zero-order valence-electron chi connectivity index (χ0n) is 15.8. The van der Waals surface area contributed by atoms with Crippen molar-refractivity contribution < 1.29 is 14.7 Å². The largest absolute Gasteiger partial charge is 0.480 e. The number of hydrogen-bond acceptors (Lipinski definition) is 2. The highest BCUT2D eigenvalue weighted by molar-refractivity contribution is 6.12. The smallest absolute Gasteiger partial charge is 0.326 e. The summed E-state index contributed by atoms with van der Waals surface area (Å²) < 4.78 is 0. The van der Waals surface area contributed by atoms with Crippen LogP contribution in [-0.2, 0) is 9.59 Å². The second kappa shape index (κ2) is 9.17. The third kappa shape index (κ3) is 4.13. The number of unbranched alkanes of at least 4 members (excludes halogenated alkanes) is 9. The molecule has 0 spiro atoms. The molecule has 1 atom stereocenters. The van der Waals surface area contributed by atoms with Crippen molar-refractivity contribution in [3.63, 3.8) is 0 Å². The topological polar surface area (TPSA) is 54.4 Å². The first-order chi connectivity index (χ1) is 12.0. The number of rotatable bonds is 13. The Labute approximate surface area is 151 Å². The third-order valence-corrected chi connectivity index (χ3v) is 5.59. The van der Waals surface area contributed by atoms with E-state index in [0.717, 1.165) is 18.4 Å². The number of carbonyl (C=O) groups excluding carboxylic acids is 1. The van der Waals surface area contributed by atoms with Gasteiger partial charge in [-0.15, -0.1) is 0 Å². The van der Waals surface area contributed by atoms with E-state index in [9.17, 15) is 14.7 Å². The molecule has 0 saturated heterocycles. The molecule has 0 aromatic carbocycles. The van der Waals surface area contributed by atoms with Crippen LogP contribution in [0.3, 0.4) is 0 Å². The summed E-state index contributed by atoms with van der Waals surface area (Å²) in [6.45, 7) is 3.63. The molecule has 0 saturated carbocycles. The van der Waals surface area contributed by atoms with Gasteiger partial charge in [0.2, 0.25) is 0 Å². The Morgan fingerprint density at radius 3 is 1.96 bits per heavy atom. The van der Waals surface area contributed by atoms with Crippen LogP contribution in [0.4, 0.5) is 0 Å². The van der Waals surface area contributed by atoms with E-state index in [1.54, 1.807) is 6.08 Å². The average Bonchev–Trinajstić information content (AvgIpc) is 3.10. The highest BCUT2D eigenvalue weighted by Crippen LogP contribution is 2.51. The molecule has 1 N–H and O–H groups in total. The Balaban J connectivity index is 1.72. The summed E-state index contributed by atoms with van der Waals surface area (Å²) in [5, 5.41) is 9.64. The van der Waals surface area contributed by atoms with E-state index in [0.29, 0.717) is 11.1 Å². The van der Waals surface area contributed by atoms with Crippen molar-refractivity contribution >= 4 is 11.8 Å². The van der Waals surface area contributed by atoms with Gasteiger partial charge in [0, 0.05) is 0 Å². The Hall–Kier alpha value is -1.64. The molecule has 0 aliphatic heterocycles. The molecule has 25 heavy (non-hydrogen) atoms. The number of carboxylic acid groups (broad SMARTS) is 1. The number of hydrogen-bond donors (Lipinski definition) is 1. The number of ketones is 1. The molecule has 1 unspecified atom stereocenters. The molecule has 0 amide bonds. The molecule has 0 radical (unpaired) electrons. The van der Waals surface area contributed by atoms with Crippen molar-refractivity contribution in [1.29, 1.82) is 0 Å². The molecule has 0 aromatic rings. The number of carbonyl (C=O) groups is 2. The summed E-state index contributed by atoms with van der Waals surface area (Å²) in [4.78, 5) is 23.8. The zero-order valence-corrected chi connectivity index (χ0v) is 15.8. The number of fused-ring (bicyclic) bond motifs is 2. The summed E-state index contributed by atoms with van der Waals surface area (Å²) >= 11 is 0. The molecule has 2 rings (SSSR count). The fourth-order valence-corrected chi connectivity index (χ4v) is 4.14. The van der Waals surface area contributed by atoms with Crippen molar-refractivity contribution in [2.24, 2.45) is 5.41 Å². The van der Waals surface area contributed by atoms with E-state index in [2.05, 4.69) is 6.92 Å². The summed E-state index contributed by atoms with van der Waals surface area (Å²) in [7, 11) is 0. The van der Waals surface area contributed by atoms with Gasteiger partial charge in [-0.1, -0.05) is 82.9 Å². The maximum atomic E-state index is 12.1. The Bertz CT molecular complexity index is 578. The molecule has 3 nitrogen and oxygen atoms in total. The van der Waals surface area contributed by atoms with Crippen LogP contribution in [0.25, 0.3) is 0 Å². The molecule has 3 heteroatoms. The van der Waals surface area contributed by atoms with Crippen LogP contribution in [0.1, 0.15) is 84.5 Å². The van der Waals surface area contributed by atoms with E-state index in [-0.39, 0.29) is 5.78 Å². The van der Waals surface area contributed by atoms with Crippen molar-refractivity contribution in [2.75, 3.05) is 0 Å². The summed E-state index contributed by atoms with van der Waals surface area (Å²) in [6.07, 6.45) is 19.3. The summed E-state index contributed by atoms with van der Waals surface area (Å²) in [6, 6.07) is 0. The van der Waals surface area contributed by atoms with Gasteiger partial charge in [-0.3, -0.25) is 9.59 Å². The minimum Gasteiger partial charge on any atom is -0.480 e. The van der Waals surface area contributed by atoms with Crippen LogP contribution in [0.15, 0.2) is 34.9 Å². The van der Waals surface area contributed by atoms with E-state index in [1.165, 1.54) is 64.7 Å². The van der Waals surface area contributed by atoms with Crippen molar-refractivity contribution in [1.82, 2.24) is 0 Å². The lowest BCUT2D eigenvalue weighted by Gasteiger charge is -2.21. The second-order valence-corrected chi connectivity index (χ2v) is 7.42. The van der Waals surface area contributed by atoms with Crippen molar-refractivity contribution in [3.05, 3.63) is 34.9 Å². The van der Waals surface area contributed by atoms with Gasteiger partial charge in [-0.2, -0.15) is 0 Å². The molecule has 0 heterocycles. The predicted octanol–water partition coefficient (Wildman–Crippen LogP) is 5.76. The molecule has 138 valence electrons. The number of allylic oxidation sites excluding steroid dienone is 4. The van der Waals surface area contributed by atoms with Crippen LogP contribution in [-0.4, -0.2) is 16.9 Å². The highest BCUT2D eigenvalue weighted by Gasteiger charge is 2.54. The standard InChI is InChI=1S/C22H32O3/c1-3-4-5-6-7-8-9-10-11-12-13-18-16-19-14-15-20(18)22(19,17(2)23)21(24)25/h14-16H,3-13H2,1-2H3,(H,24,25). The van der Waals surface area contributed by atoms with Crippen LogP contribution in [0, 0.1) is 5.41 Å². The van der Waals surface area contributed by atoms with Gasteiger partial charge >= 0.3 is 5.97 Å². The Kier molecular flexibility index (Phi) is 7.22. The lowest BCUT2D eigenvalue weighted by atomic mass is 9.77. The van der Waals surface area contributed by atoms with Gasteiger partial charge in [0.15, 0.2) is 11.2 Å². The van der Waals surface area contributed by atoms with E-state index < -0.39 is 11.4 Å². The molecule has 2 bridgehead atoms. The summed E-state index contributed by atoms with van der Waals surface area (Å²) in [5.41, 5.74) is 0.992. The number of Topliss-reactive ketones (excluding diaryl/α,β-unsaturated/α-hetero) is 1. The lowest BCUT2D eigenvalue weighted by molar-refractivity contribution is -0.148. The highest BCUT2D eigenvalue weighted by atomic mass is 16.4. The van der Waals surface area contributed by atoms with Gasteiger partial charge in [0.1, 0.15) is 0 Å². The Morgan fingerprint density at radius 2 is 1.48 bits per heavy atom. The summed E-state index contributed by atoms with van der Waals surface area (Å²) in [5.74, 6) is -1.33. The van der Waals surface area contributed by atoms with Gasteiger partial charge in [-0.05, 0) is 36.5 Å². The van der Waals surface area contributed by atoms with Crippen LogP contribution in [0.5, 0.6) is 0 Å². The van der Waals surface area contributed by atoms with E-state index in [1.807, 2.05) is 12.2 Å². The van der Waals surface area contributed by atoms with Crippen molar-refractivity contribution in [2.45, 2.75) is 84.5 Å². The molecule has 0 aromatic heterocycles. The van der Waals surface area contributed by atoms with Gasteiger partial charge in [0.05, 0.1) is 0 Å². The first-order valence-corrected chi connectivity index (χ1v) is 9.93. The van der Waals surface area contributed by atoms with Crippen LogP contribution >= 0.6 is 0 Å². The SMILES string of the molecule is CCCCCCCCCCCCC1=C2C=CC(=C1)C2(C(C)=O)C(=O)O. The van der Waals surface area contributed by atoms with E-state index >= 15 is 0 Å². The average molecular weight is 344 g/mol. The fraction of sp³-hybridized carbons (Fsp3) is 0.636. The van der Waals surface area contributed by atoms with Crippen LogP contribution < -0.4 is 0 Å². The maximum absolute atomic E-state index is 12.1. The minimum absolute atomic E-state index is 0.288. The fourth-order valence-electron chi connectivity index (χ4n) is 4.14. The van der Waals surface area contributed by atoms with E-state index in [4.69, 9.17) is 0 Å². The molecule has 2 aliphatic carbocycles. The quantitative estimate of drug-likeness (QED) is 0.341. The predicted molar refractivity (Wildman–Crippen MR) is 101 cm³/mol. The van der Waals surface area contributed by atoms with Crippen molar-refractivity contribution in [3.8, 4) is 0 Å². The van der Waals surface area contributed by atoms with Gasteiger partial charge < -0.3 is 5.11 Å². The molecule has 2 aliphatic rings. The monoisotopic (exact) mass is 344 g/mol. The van der Waals surface area contributed by atoms with Gasteiger partial charge in [-0.25, -0.2) is 0 Å². The first kappa shape index (κ1) is 19.7. The number of carboxylic acids is 1. The molecule has 0 fully saturated rings. The molecular weight excluding hydrogens is 312 g/mol. The third-order valence-electron chi connectivity index (χ3n) is 5.59. The first-order valence-electron chi connectivity index (χ1n) is 9.93. The zero-order chi connectivity index (χ0) is 18.3. The van der Waals surface area contributed by atoms with Gasteiger partial charge in [0.25, 0.3) is 0 Å². The lowest BCUT2D eigenvalue weighted by Crippen LogP contribution is -2.37. The van der Waals surface area contributed by atoms with Crippen LogP contribution in [0.2, 0.25) is 0 Å². The Morgan fingerprint density at radius 1 is 0.920 bits per heavy atom. The second-order valence-electron chi connectivity index (χ2n) is 7.42.